The molecule has 0 fully saturated rings. The average molecular weight is 372 g/mol. The van der Waals surface area contributed by atoms with Crippen LogP contribution >= 0.6 is 0 Å². The molecule has 0 aliphatic carbocycles. The summed E-state index contributed by atoms with van der Waals surface area (Å²) in [6.07, 6.45) is 1.78. The number of anilines is 4. The van der Waals surface area contributed by atoms with E-state index in [1.54, 1.807) is 6.20 Å². The minimum absolute atomic E-state index is 0.470. The Morgan fingerprint density at radius 3 is 2.44 bits per heavy atom. The molecular formula is C20H33N7. The highest BCUT2D eigenvalue weighted by molar-refractivity contribution is 5.72. The predicted molar refractivity (Wildman–Crippen MR) is 114 cm³/mol. The Morgan fingerprint density at radius 1 is 1.04 bits per heavy atom. The van der Waals surface area contributed by atoms with Crippen LogP contribution in [0.1, 0.15) is 34.6 Å². The maximum Gasteiger partial charge on any atom is 0.180 e. The summed E-state index contributed by atoms with van der Waals surface area (Å²) in [4.78, 5) is 4.58. The maximum atomic E-state index is 4.25. The van der Waals surface area contributed by atoms with E-state index in [9.17, 15) is 0 Å². The second-order valence-corrected chi connectivity index (χ2v) is 6.70. The van der Waals surface area contributed by atoms with Crippen LogP contribution < -0.4 is 20.4 Å². The van der Waals surface area contributed by atoms with Gasteiger partial charge in [-0.15, -0.1) is 10.2 Å². The minimum atomic E-state index is 0.470. The normalized spacial score (nSPS) is 10.9. The smallest absolute Gasteiger partial charge is 0.180 e. The Morgan fingerprint density at radius 2 is 1.78 bits per heavy atom. The zero-order chi connectivity index (χ0) is 19.6. The summed E-state index contributed by atoms with van der Waals surface area (Å²) in [5, 5.41) is 19.0. The van der Waals surface area contributed by atoms with Crippen molar-refractivity contribution in [3.63, 3.8) is 0 Å². The van der Waals surface area contributed by atoms with Gasteiger partial charge >= 0.3 is 0 Å². The highest BCUT2D eigenvalue weighted by atomic mass is 15.3. The van der Waals surface area contributed by atoms with Crippen LogP contribution in [-0.2, 0) is 0 Å². The standard InChI is InChI=1S/C20H33N7/c1-6-26(7-2)18-11-9-10-17(14-18)23-20-19(15-22-25-24-20)27(8-3)13-12-21-16(4)5/h9-11,14-16,21H,6-8,12-13H2,1-5H3,(H,22,23,24). The molecule has 1 aromatic carbocycles. The number of benzene rings is 1. The zero-order valence-corrected chi connectivity index (χ0v) is 17.2. The van der Waals surface area contributed by atoms with Crippen molar-refractivity contribution in [3.8, 4) is 0 Å². The van der Waals surface area contributed by atoms with Crippen LogP contribution in [0.5, 0.6) is 0 Å². The molecule has 2 aromatic rings. The topological polar surface area (TPSA) is 69.2 Å². The van der Waals surface area contributed by atoms with Crippen LogP contribution in [0.25, 0.3) is 0 Å². The van der Waals surface area contributed by atoms with Gasteiger partial charge in [-0.2, -0.15) is 0 Å². The van der Waals surface area contributed by atoms with Crippen LogP contribution in [-0.4, -0.2) is 54.2 Å². The van der Waals surface area contributed by atoms with Crippen LogP contribution in [0.2, 0.25) is 0 Å². The minimum Gasteiger partial charge on any atom is -0.372 e. The van der Waals surface area contributed by atoms with E-state index >= 15 is 0 Å². The van der Waals surface area contributed by atoms with E-state index in [0.29, 0.717) is 6.04 Å². The molecule has 7 heteroatoms. The maximum absolute atomic E-state index is 4.25. The van der Waals surface area contributed by atoms with E-state index in [-0.39, 0.29) is 0 Å². The number of hydrogen-bond acceptors (Lipinski definition) is 7. The van der Waals surface area contributed by atoms with Crippen LogP contribution in [0.3, 0.4) is 0 Å². The second-order valence-electron chi connectivity index (χ2n) is 6.70. The first kappa shape index (κ1) is 20.9. The zero-order valence-electron chi connectivity index (χ0n) is 17.2. The van der Waals surface area contributed by atoms with E-state index in [1.807, 2.05) is 0 Å². The lowest BCUT2D eigenvalue weighted by Crippen LogP contribution is -2.35. The Kier molecular flexibility index (Phi) is 8.26. The summed E-state index contributed by atoms with van der Waals surface area (Å²) in [5.74, 6) is 0.730. The van der Waals surface area contributed by atoms with Crippen molar-refractivity contribution >= 4 is 22.9 Å². The number of nitrogens with zero attached hydrogens (tertiary/aromatic N) is 5. The van der Waals surface area contributed by atoms with Gasteiger partial charge in [0.25, 0.3) is 0 Å². The van der Waals surface area contributed by atoms with Gasteiger partial charge in [0.1, 0.15) is 5.69 Å². The Bertz CT molecular complexity index is 686. The average Bonchev–Trinajstić information content (AvgIpc) is 2.67. The molecule has 148 valence electrons. The van der Waals surface area contributed by atoms with Gasteiger partial charge in [0, 0.05) is 50.1 Å². The molecule has 0 aliphatic heterocycles. The Balaban J connectivity index is 2.18. The van der Waals surface area contributed by atoms with E-state index in [4.69, 9.17) is 0 Å². The summed E-state index contributed by atoms with van der Waals surface area (Å²) in [5.41, 5.74) is 3.16. The molecular weight excluding hydrogens is 338 g/mol. The molecule has 0 saturated heterocycles. The van der Waals surface area contributed by atoms with Gasteiger partial charge in [0.2, 0.25) is 0 Å². The molecule has 0 saturated carbocycles. The molecule has 1 heterocycles. The molecule has 0 bridgehead atoms. The number of hydrogen-bond donors (Lipinski definition) is 2. The van der Waals surface area contributed by atoms with Gasteiger partial charge in [-0.3, -0.25) is 0 Å². The summed E-state index contributed by atoms with van der Waals surface area (Å²) in [6.45, 7) is 15.4. The van der Waals surface area contributed by atoms with Gasteiger partial charge in [-0.05, 0) is 44.2 Å². The number of nitrogens with one attached hydrogen (secondary N) is 2. The van der Waals surface area contributed by atoms with Crippen molar-refractivity contribution in [2.75, 3.05) is 47.8 Å². The van der Waals surface area contributed by atoms with Crippen molar-refractivity contribution < 1.29 is 0 Å². The largest absolute Gasteiger partial charge is 0.372 e. The van der Waals surface area contributed by atoms with Gasteiger partial charge < -0.3 is 20.4 Å². The molecule has 0 radical (unpaired) electrons. The summed E-state index contributed by atoms with van der Waals surface area (Å²) in [7, 11) is 0. The van der Waals surface area contributed by atoms with Crippen molar-refractivity contribution in [2.45, 2.75) is 40.7 Å². The van der Waals surface area contributed by atoms with Gasteiger partial charge in [-0.25, -0.2) is 0 Å². The third kappa shape index (κ3) is 6.06. The molecule has 0 unspecified atom stereocenters. The molecule has 7 nitrogen and oxygen atoms in total. The first-order valence-electron chi connectivity index (χ1n) is 9.87. The Labute approximate surface area is 163 Å². The van der Waals surface area contributed by atoms with E-state index < -0.39 is 0 Å². The van der Waals surface area contributed by atoms with Crippen LogP contribution in [0, 0.1) is 0 Å². The first-order chi connectivity index (χ1) is 13.1. The van der Waals surface area contributed by atoms with Crippen LogP contribution in [0.15, 0.2) is 30.5 Å². The number of rotatable bonds is 11. The fourth-order valence-corrected chi connectivity index (χ4v) is 3.03. The molecule has 0 aliphatic rings. The monoisotopic (exact) mass is 371 g/mol. The summed E-state index contributed by atoms with van der Waals surface area (Å²) >= 11 is 0. The van der Waals surface area contributed by atoms with E-state index in [1.165, 1.54) is 5.69 Å². The third-order valence-corrected chi connectivity index (χ3v) is 4.51. The predicted octanol–water partition coefficient (Wildman–Crippen LogP) is 3.29. The van der Waals surface area contributed by atoms with Crippen molar-refractivity contribution in [2.24, 2.45) is 0 Å². The SMILES string of the molecule is CCN(CC)c1cccc(Nc2nnncc2N(CC)CCNC(C)C)c1. The molecule has 2 rings (SSSR count). The van der Waals surface area contributed by atoms with Gasteiger partial charge in [-0.1, -0.05) is 19.9 Å². The molecule has 0 amide bonds. The summed E-state index contributed by atoms with van der Waals surface area (Å²) < 4.78 is 0. The molecule has 27 heavy (non-hydrogen) atoms. The van der Waals surface area contributed by atoms with Crippen molar-refractivity contribution in [1.29, 1.82) is 0 Å². The number of aromatic nitrogens is 3. The third-order valence-electron chi connectivity index (χ3n) is 4.51. The second kappa shape index (κ2) is 10.7. The fourth-order valence-electron chi connectivity index (χ4n) is 3.03. The molecule has 0 spiro atoms. The highest BCUT2D eigenvalue weighted by Gasteiger charge is 2.13. The fraction of sp³-hybridized carbons (Fsp3) is 0.550. The van der Waals surface area contributed by atoms with Crippen LogP contribution in [0.4, 0.5) is 22.9 Å². The molecule has 1 aromatic heterocycles. The lowest BCUT2D eigenvalue weighted by Gasteiger charge is -2.25. The van der Waals surface area contributed by atoms with E-state index in [2.05, 4.69) is 94.7 Å². The lowest BCUT2D eigenvalue weighted by molar-refractivity contribution is 0.583. The van der Waals surface area contributed by atoms with Gasteiger partial charge in [0.05, 0.1) is 6.20 Å². The number of likely N-dealkylation sites (N-methyl/N-ethyl adjacent to an activating group) is 1. The van der Waals surface area contributed by atoms with Crippen molar-refractivity contribution in [3.05, 3.63) is 30.5 Å². The van der Waals surface area contributed by atoms with Gasteiger partial charge in [0.15, 0.2) is 5.82 Å². The molecule has 2 N–H and O–H groups in total. The first-order valence-corrected chi connectivity index (χ1v) is 9.87. The van der Waals surface area contributed by atoms with Crippen molar-refractivity contribution in [1.82, 2.24) is 20.7 Å². The van der Waals surface area contributed by atoms with E-state index in [0.717, 1.165) is 49.9 Å². The quantitative estimate of drug-likeness (QED) is 0.628. The Hall–Kier alpha value is -2.41. The lowest BCUT2D eigenvalue weighted by atomic mass is 10.2. The highest BCUT2D eigenvalue weighted by Crippen LogP contribution is 2.27. The molecule has 0 atom stereocenters. The summed E-state index contributed by atoms with van der Waals surface area (Å²) in [6, 6.07) is 8.87.